The number of nitrogens with zero attached hydrogens (tertiary/aromatic N) is 1. The van der Waals surface area contributed by atoms with Gasteiger partial charge in [0.1, 0.15) is 16.8 Å². The molecule has 0 saturated heterocycles. The summed E-state index contributed by atoms with van der Waals surface area (Å²) in [7, 11) is 0. The lowest BCUT2D eigenvalue weighted by molar-refractivity contribution is -0.653. The van der Waals surface area contributed by atoms with Gasteiger partial charge in [-0.3, -0.25) is 5.32 Å². The van der Waals surface area contributed by atoms with Crippen LogP contribution in [0.5, 0.6) is 5.75 Å². The average molecular weight is 318 g/mol. The first-order chi connectivity index (χ1) is 11.8. The molecule has 0 saturated carbocycles. The molecule has 0 radical (unpaired) electrons. The number of aromatic hydroxyl groups is 1. The predicted molar refractivity (Wildman–Crippen MR) is 97.1 cm³/mol. The van der Waals surface area contributed by atoms with Crippen molar-refractivity contribution in [3.63, 3.8) is 0 Å². The molecule has 1 heterocycles. The van der Waals surface area contributed by atoms with Crippen LogP contribution in [0, 0.1) is 0 Å². The van der Waals surface area contributed by atoms with Gasteiger partial charge in [0.2, 0.25) is 0 Å². The highest BCUT2D eigenvalue weighted by Gasteiger charge is 2.16. The lowest BCUT2D eigenvalue weighted by Gasteiger charge is -2.08. The fraction of sp³-hybridized carbons (Fsp3) is 0.150. The van der Waals surface area contributed by atoms with Crippen LogP contribution < -0.4 is 9.88 Å². The summed E-state index contributed by atoms with van der Waals surface area (Å²) in [5, 5.41) is 16.0. The number of aromatic amines is 1. The maximum Gasteiger partial charge on any atom is 0.356 e. The molecule has 4 aromatic rings. The molecule has 120 valence electrons. The Balaban J connectivity index is 1.72. The number of phenolic OH excluding ortho intramolecular Hbond substituents is 1. The second-order valence-electron chi connectivity index (χ2n) is 5.87. The van der Waals surface area contributed by atoms with Crippen molar-refractivity contribution in [2.24, 2.45) is 0 Å². The van der Waals surface area contributed by atoms with Crippen molar-refractivity contribution in [1.82, 2.24) is 4.98 Å². The molecular formula is C20H20N3O+. The summed E-state index contributed by atoms with van der Waals surface area (Å²) in [6.45, 7) is 3.55. The van der Waals surface area contributed by atoms with E-state index in [1.807, 2.05) is 36.4 Å². The quantitative estimate of drug-likeness (QED) is 0.499. The van der Waals surface area contributed by atoms with E-state index in [-0.39, 0.29) is 0 Å². The Kier molecular flexibility index (Phi) is 3.58. The van der Waals surface area contributed by atoms with E-state index < -0.39 is 0 Å². The summed E-state index contributed by atoms with van der Waals surface area (Å²) in [5.74, 6) is 1.27. The number of fused-ring (bicyclic) bond motifs is 2. The highest BCUT2D eigenvalue weighted by molar-refractivity contribution is 5.87. The van der Waals surface area contributed by atoms with E-state index in [0.29, 0.717) is 12.3 Å². The summed E-state index contributed by atoms with van der Waals surface area (Å²) in [5.41, 5.74) is 3.18. The van der Waals surface area contributed by atoms with Crippen LogP contribution in [0.1, 0.15) is 12.5 Å². The molecule has 0 spiro atoms. The Hall–Kier alpha value is -3.01. The second-order valence-corrected chi connectivity index (χ2v) is 5.87. The number of hydrogen-bond donors (Lipinski definition) is 3. The Morgan fingerprint density at radius 3 is 2.67 bits per heavy atom. The molecule has 4 nitrogen and oxygen atoms in total. The minimum absolute atomic E-state index is 0.320. The molecule has 4 rings (SSSR count). The van der Waals surface area contributed by atoms with Crippen LogP contribution in [0.25, 0.3) is 21.8 Å². The molecule has 0 aliphatic rings. The molecule has 0 amide bonds. The maximum absolute atomic E-state index is 10.3. The number of para-hydroxylation sites is 2. The van der Waals surface area contributed by atoms with Crippen LogP contribution in [-0.2, 0) is 13.1 Å². The van der Waals surface area contributed by atoms with Crippen molar-refractivity contribution in [2.45, 2.75) is 20.0 Å². The zero-order valence-corrected chi connectivity index (χ0v) is 13.6. The van der Waals surface area contributed by atoms with E-state index in [2.05, 4.69) is 40.0 Å². The minimum atomic E-state index is 0.320. The van der Waals surface area contributed by atoms with Gasteiger partial charge in [0.15, 0.2) is 0 Å². The smallest absolute Gasteiger partial charge is 0.356 e. The minimum Gasteiger partial charge on any atom is -0.508 e. The number of anilines is 1. The summed E-state index contributed by atoms with van der Waals surface area (Å²) >= 11 is 0. The van der Waals surface area contributed by atoms with Crippen molar-refractivity contribution in [2.75, 3.05) is 5.32 Å². The van der Waals surface area contributed by atoms with Crippen LogP contribution in [0.2, 0.25) is 0 Å². The fourth-order valence-corrected chi connectivity index (χ4v) is 3.28. The van der Waals surface area contributed by atoms with Gasteiger partial charge in [-0.15, -0.1) is 0 Å². The Morgan fingerprint density at radius 1 is 1.00 bits per heavy atom. The van der Waals surface area contributed by atoms with E-state index in [9.17, 15) is 5.11 Å². The lowest BCUT2D eigenvalue weighted by Crippen LogP contribution is -2.34. The molecule has 1 aromatic heterocycles. The number of rotatable bonds is 4. The van der Waals surface area contributed by atoms with Crippen LogP contribution >= 0.6 is 0 Å². The second kappa shape index (κ2) is 5.89. The molecule has 24 heavy (non-hydrogen) atoms. The molecule has 0 atom stereocenters. The SMILES string of the molecule is CC[n+]1c(NCc2c(O)ccc3ccccc23)[nH]c2ccccc21. The average Bonchev–Trinajstić information content (AvgIpc) is 2.98. The molecule has 3 N–H and O–H groups in total. The van der Waals surface area contributed by atoms with E-state index in [0.717, 1.165) is 34.3 Å². The van der Waals surface area contributed by atoms with Crippen molar-refractivity contribution in [3.05, 3.63) is 66.2 Å². The Labute approximate surface area is 140 Å². The van der Waals surface area contributed by atoms with Gasteiger partial charge in [-0.25, -0.2) is 9.55 Å². The molecule has 0 aliphatic heterocycles. The van der Waals surface area contributed by atoms with Crippen LogP contribution in [0.4, 0.5) is 5.95 Å². The van der Waals surface area contributed by atoms with E-state index >= 15 is 0 Å². The van der Waals surface area contributed by atoms with Gasteiger partial charge in [-0.1, -0.05) is 42.5 Å². The van der Waals surface area contributed by atoms with Gasteiger partial charge < -0.3 is 5.11 Å². The molecule has 0 fully saturated rings. The van der Waals surface area contributed by atoms with Gasteiger partial charge in [0.05, 0.1) is 13.1 Å². The van der Waals surface area contributed by atoms with Gasteiger partial charge >= 0.3 is 5.95 Å². The molecule has 3 aromatic carbocycles. The normalized spacial score (nSPS) is 11.2. The van der Waals surface area contributed by atoms with Crippen molar-refractivity contribution in [3.8, 4) is 5.75 Å². The first kappa shape index (κ1) is 14.6. The number of H-pyrrole nitrogens is 1. The van der Waals surface area contributed by atoms with Crippen LogP contribution in [0.15, 0.2) is 60.7 Å². The maximum atomic E-state index is 10.3. The number of hydrogen-bond acceptors (Lipinski definition) is 2. The predicted octanol–water partition coefficient (Wildman–Crippen LogP) is 3.95. The third-order valence-corrected chi connectivity index (χ3v) is 4.48. The Bertz CT molecular complexity index is 1020. The number of aryl methyl sites for hydroxylation is 1. The number of nitrogens with one attached hydrogen (secondary N) is 2. The highest BCUT2D eigenvalue weighted by Crippen LogP contribution is 2.27. The van der Waals surface area contributed by atoms with E-state index in [1.54, 1.807) is 6.07 Å². The first-order valence-corrected chi connectivity index (χ1v) is 8.22. The van der Waals surface area contributed by atoms with Crippen LogP contribution in [-0.4, -0.2) is 10.1 Å². The number of benzene rings is 3. The number of aromatic nitrogens is 2. The molecule has 0 unspecified atom stereocenters. The molecular weight excluding hydrogens is 298 g/mol. The van der Waals surface area contributed by atoms with E-state index in [4.69, 9.17) is 0 Å². The molecule has 4 heteroatoms. The zero-order valence-electron chi connectivity index (χ0n) is 13.6. The van der Waals surface area contributed by atoms with Gasteiger partial charge in [-0.2, -0.15) is 0 Å². The number of phenols is 1. The summed E-state index contributed by atoms with van der Waals surface area (Å²) in [4.78, 5) is 3.42. The fourth-order valence-electron chi connectivity index (χ4n) is 3.28. The standard InChI is InChI=1S/C20H19N3O/c1-2-23-18-10-6-5-9-17(18)22-20(23)21-13-16-15-8-4-3-7-14(15)11-12-19(16)24/h3-12H,2,13H2,1H3,(H2,21,22,24)/p+1. The highest BCUT2D eigenvalue weighted by atomic mass is 16.3. The zero-order chi connectivity index (χ0) is 16.5. The monoisotopic (exact) mass is 318 g/mol. The molecule has 0 aliphatic carbocycles. The third-order valence-electron chi connectivity index (χ3n) is 4.48. The van der Waals surface area contributed by atoms with Gasteiger partial charge in [0, 0.05) is 5.56 Å². The van der Waals surface area contributed by atoms with Gasteiger partial charge in [0.25, 0.3) is 0 Å². The largest absolute Gasteiger partial charge is 0.508 e. The first-order valence-electron chi connectivity index (χ1n) is 8.22. The van der Waals surface area contributed by atoms with Crippen molar-refractivity contribution >= 4 is 27.8 Å². The van der Waals surface area contributed by atoms with Crippen molar-refractivity contribution < 1.29 is 9.67 Å². The van der Waals surface area contributed by atoms with Gasteiger partial charge in [-0.05, 0) is 35.9 Å². The Morgan fingerprint density at radius 2 is 1.79 bits per heavy atom. The lowest BCUT2D eigenvalue weighted by atomic mass is 10.0. The van der Waals surface area contributed by atoms with Crippen LogP contribution in [0.3, 0.4) is 0 Å². The summed E-state index contributed by atoms with van der Waals surface area (Å²) < 4.78 is 2.21. The molecule has 0 bridgehead atoms. The topological polar surface area (TPSA) is 51.9 Å². The summed E-state index contributed by atoms with van der Waals surface area (Å²) in [6, 6.07) is 20.1. The summed E-state index contributed by atoms with van der Waals surface area (Å²) in [6.07, 6.45) is 0. The number of imidazole rings is 1. The third kappa shape index (κ3) is 2.36. The van der Waals surface area contributed by atoms with Crippen molar-refractivity contribution in [1.29, 1.82) is 0 Å². The van der Waals surface area contributed by atoms with E-state index in [1.165, 1.54) is 5.52 Å².